The summed E-state index contributed by atoms with van der Waals surface area (Å²) in [4.78, 5) is 12.0. The second-order valence-electron chi connectivity index (χ2n) is 4.61. The van der Waals surface area contributed by atoms with E-state index in [-0.39, 0.29) is 12.5 Å². The number of rotatable bonds is 3. The first-order valence-electron chi connectivity index (χ1n) is 6.18. The Labute approximate surface area is 112 Å². The average Bonchev–Trinajstić information content (AvgIpc) is 2.43. The number of anilines is 1. The van der Waals surface area contributed by atoms with Crippen molar-refractivity contribution in [3.05, 3.63) is 64.7 Å². The molecule has 0 radical (unpaired) electrons. The third-order valence-corrected chi connectivity index (χ3v) is 3.16. The number of hydrogen-bond donors (Lipinski definition) is 2. The van der Waals surface area contributed by atoms with E-state index in [1.54, 1.807) is 24.3 Å². The molecule has 1 amide bonds. The highest BCUT2D eigenvalue weighted by Gasteiger charge is 2.06. The maximum Gasteiger partial charge on any atom is 0.255 e. The topological polar surface area (TPSA) is 49.3 Å². The molecule has 0 atom stereocenters. The fourth-order valence-corrected chi connectivity index (χ4v) is 1.78. The van der Waals surface area contributed by atoms with Gasteiger partial charge in [0.2, 0.25) is 0 Å². The minimum absolute atomic E-state index is 0.0148. The third kappa shape index (κ3) is 3.20. The van der Waals surface area contributed by atoms with Crippen molar-refractivity contribution in [2.75, 3.05) is 5.32 Å². The normalized spacial score (nSPS) is 10.3. The van der Waals surface area contributed by atoms with Crippen LogP contribution in [0.2, 0.25) is 0 Å². The Morgan fingerprint density at radius 2 is 1.74 bits per heavy atom. The van der Waals surface area contributed by atoms with E-state index >= 15 is 0 Å². The van der Waals surface area contributed by atoms with Gasteiger partial charge in [-0.2, -0.15) is 0 Å². The van der Waals surface area contributed by atoms with Gasteiger partial charge in [0, 0.05) is 11.3 Å². The van der Waals surface area contributed by atoms with Gasteiger partial charge in [-0.15, -0.1) is 0 Å². The van der Waals surface area contributed by atoms with Crippen molar-refractivity contribution in [2.45, 2.75) is 20.5 Å². The van der Waals surface area contributed by atoms with E-state index in [2.05, 4.69) is 5.32 Å². The predicted molar refractivity (Wildman–Crippen MR) is 76.2 cm³/mol. The van der Waals surface area contributed by atoms with Gasteiger partial charge in [-0.3, -0.25) is 4.79 Å². The van der Waals surface area contributed by atoms with Crippen LogP contribution in [0.5, 0.6) is 0 Å². The highest BCUT2D eigenvalue weighted by atomic mass is 16.3. The van der Waals surface area contributed by atoms with Crippen LogP contribution < -0.4 is 5.32 Å². The van der Waals surface area contributed by atoms with Gasteiger partial charge in [0.05, 0.1) is 6.61 Å². The predicted octanol–water partition coefficient (Wildman–Crippen LogP) is 3.05. The van der Waals surface area contributed by atoms with E-state index in [4.69, 9.17) is 5.11 Å². The SMILES string of the molecule is Cc1ccc(NC(=O)c2ccc(CO)cc2)cc1C. The number of amides is 1. The van der Waals surface area contributed by atoms with Gasteiger partial charge in [-0.05, 0) is 54.8 Å². The molecule has 0 bridgehead atoms. The van der Waals surface area contributed by atoms with Crippen LogP contribution >= 0.6 is 0 Å². The molecule has 0 aliphatic carbocycles. The Morgan fingerprint density at radius 1 is 1.05 bits per heavy atom. The lowest BCUT2D eigenvalue weighted by Gasteiger charge is -2.08. The number of hydrogen-bond acceptors (Lipinski definition) is 2. The van der Waals surface area contributed by atoms with Crippen LogP contribution in [0.1, 0.15) is 27.0 Å². The number of carbonyl (C=O) groups excluding carboxylic acids is 1. The number of nitrogens with one attached hydrogen (secondary N) is 1. The summed E-state index contributed by atoms with van der Waals surface area (Å²) in [6.07, 6.45) is 0. The smallest absolute Gasteiger partial charge is 0.255 e. The molecule has 0 saturated carbocycles. The maximum absolute atomic E-state index is 12.0. The standard InChI is InChI=1S/C16H17NO2/c1-11-3-8-15(9-12(11)2)17-16(19)14-6-4-13(10-18)5-7-14/h3-9,18H,10H2,1-2H3,(H,17,19). The number of aryl methyl sites for hydroxylation is 2. The minimum Gasteiger partial charge on any atom is -0.392 e. The van der Waals surface area contributed by atoms with E-state index in [1.807, 2.05) is 32.0 Å². The zero-order chi connectivity index (χ0) is 13.8. The van der Waals surface area contributed by atoms with Crippen LogP contribution in [0.15, 0.2) is 42.5 Å². The van der Waals surface area contributed by atoms with Gasteiger partial charge < -0.3 is 10.4 Å². The minimum atomic E-state index is -0.146. The molecule has 3 nitrogen and oxygen atoms in total. The van der Waals surface area contributed by atoms with Crippen LogP contribution in [-0.2, 0) is 6.61 Å². The molecule has 0 fully saturated rings. The zero-order valence-corrected chi connectivity index (χ0v) is 11.1. The van der Waals surface area contributed by atoms with Crippen molar-refractivity contribution in [1.29, 1.82) is 0 Å². The molecule has 0 aliphatic rings. The van der Waals surface area contributed by atoms with Crippen molar-refractivity contribution in [3.63, 3.8) is 0 Å². The molecule has 0 spiro atoms. The van der Waals surface area contributed by atoms with Crippen LogP contribution in [0.3, 0.4) is 0 Å². The molecule has 2 aromatic rings. The first-order chi connectivity index (χ1) is 9.10. The molecule has 2 aromatic carbocycles. The first kappa shape index (κ1) is 13.3. The molecule has 2 N–H and O–H groups in total. The Morgan fingerprint density at radius 3 is 2.32 bits per heavy atom. The Kier molecular flexibility index (Phi) is 3.97. The summed E-state index contributed by atoms with van der Waals surface area (Å²) in [5.74, 6) is -0.146. The highest BCUT2D eigenvalue weighted by Crippen LogP contribution is 2.15. The van der Waals surface area contributed by atoms with Crippen molar-refractivity contribution in [3.8, 4) is 0 Å². The van der Waals surface area contributed by atoms with Crippen LogP contribution in [0, 0.1) is 13.8 Å². The Bertz CT molecular complexity index is 588. The van der Waals surface area contributed by atoms with Gasteiger partial charge in [0.25, 0.3) is 5.91 Å². The van der Waals surface area contributed by atoms with E-state index in [1.165, 1.54) is 5.56 Å². The van der Waals surface area contributed by atoms with Crippen molar-refractivity contribution < 1.29 is 9.90 Å². The van der Waals surface area contributed by atoms with E-state index in [0.717, 1.165) is 16.8 Å². The van der Waals surface area contributed by atoms with Gasteiger partial charge in [-0.25, -0.2) is 0 Å². The lowest BCUT2D eigenvalue weighted by atomic mass is 10.1. The van der Waals surface area contributed by atoms with E-state index < -0.39 is 0 Å². The van der Waals surface area contributed by atoms with Gasteiger partial charge in [0.15, 0.2) is 0 Å². The van der Waals surface area contributed by atoms with Crippen LogP contribution in [0.4, 0.5) is 5.69 Å². The van der Waals surface area contributed by atoms with E-state index in [9.17, 15) is 4.79 Å². The molecule has 2 rings (SSSR count). The number of benzene rings is 2. The fourth-order valence-electron chi connectivity index (χ4n) is 1.78. The molecule has 0 unspecified atom stereocenters. The molecular formula is C16H17NO2. The summed E-state index contributed by atoms with van der Waals surface area (Å²) in [6, 6.07) is 12.7. The first-order valence-corrected chi connectivity index (χ1v) is 6.18. The van der Waals surface area contributed by atoms with Crippen molar-refractivity contribution in [2.24, 2.45) is 0 Å². The summed E-state index contributed by atoms with van der Waals surface area (Å²) in [5.41, 5.74) is 4.51. The third-order valence-electron chi connectivity index (χ3n) is 3.16. The summed E-state index contributed by atoms with van der Waals surface area (Å²) < 4.78 is 0. The van der Waals surface area contributed by atoms with Crippen molar-refractivity contribution in [1.82, 2.24) is 0 Å². The quantitative estimate of drug-likeness (QED) is 0.885. The van der Waals surface area contributed by atoms with Gasteiger partial charge in [-0.1, -0.05) is 18.2 Å². The number of aliphatic hydroxyl groups is 1. The van der Waals surface area contributed by atoms with E-state index in [0.29, 0.717) is 5.56 Å². The lowest BCUT2D eigenvalue weighted by molar-refractivity contribution is 0.102. The second kappa shape index (κ2) is 5.67. The molecule has 0 heterocycles. The molecule has 98 valence electrons. The summed E-state index contributed by atoms with van der Waals surface area (Å²) in [6.45, 7) is 4.04. The molecule has 0 aromatic heterocycles. The van der Waals surface area contributed by atoms with Crippen molar-refractivity contribution >= 4 is 11.6 Å². The summed E-state index contributed by atoms with van der Waals surface area (Å²) in [7, 11) is 0. The monoisotopic (exact) mass is 255 g/mol. The molecule has 0 aliphatic heterocycles. The molecule has 19 heavy (non-hydrogen) atoms. The Balaban J connectivity index is 2.13. The fraction of sp³-hybridized carbons (Fsp3) is 0.188. The molecule has 0 saturated heterocycles. The number of carbonyl (C=O) groups is 1. The van der Waals surface area contributed by atoms with Gasteiger partial charge >= 0.3 is 0 Å². The average molecular weight is 255 g/mol. The van der Waals surface area contributed by atoms with Crippen LogP contribution in [0.25, 0.3) is 0 Å². The lowest BCUT2D eigenvalue weighted by Crippen LogP contribution is -2.12. The Hall–Kier alpha value is -2.13. The highest BCUT2D eigenvalue weighted by molar-refractivity contribution is 6.04. The zero-order valence-electron chi connectivity index (χ0n) is 11.1. The largest absolute Gasteiger partial charge is 0.392 e. The maximum atomic E-state index is 12.0. The van der Waals surface area contributed by atoms with Gasteiger partial charge in [0.1, 0.15) is 0 Å². The summed E-state index contributed by atoms with van der Waals surface area (Å²) in [5, 5.41) is 11.8. The summed E-state index contributed by atoms with van der Waals surface area (Å²) >= 11 is 0. The van der Waals surface area contributed by atoms with Crippen LogP contribution in [-0.4, -0.2) is 11.0 Å². The second-order valence-corrected chi connectivity index (χ2v) is 4.61. The molecular weight excluding hydrogens is 238 g/mol. The molecule has 3 heteroatoms. The number of aliphatic hydroxyl groups excluding tert-OH is 1.